The second-order valence-electron chi connectivity index (χ2n) is 5.49. The Morgan fingerprint density at radius 2 is 2.11 bits per heavy atom. The third kappa shape index (κ3) is 3.50. The van der Waals surface area contributed by atoms with E-state index in [1.165, 1.54) is 0 Å². The van der Waals surface area contributed by atoms with Gasteiger partial charge in [-0.2, -0.15) is 0 Å². The molecule has 19 heavy (non-hydrogen) atoms. The first-order valence-corrected chi connectivity index (χ1v) is 7.58. The SMILES string of the molecule is CC1(C(=N)N)CCN(Cc2ccc(Br)cc2Cl)CC1. The lowest BCUT2D eigenvalue weighted by Gasteiger charge is -2.38. The van der Waals surface area contributed by atoms with E-state index in [9.17, 15) is 0 Å². The molecule has 0 unspecified atom stereocenters. The lowest BCUT2D eigenvalue weighted by atomic mass is 9.79. The van der Waals surface area contributed by atoms with Gasteiger partial charge in [-0.05, 0) is 43.6 Å². The van der Waals surface area contributed by atoms with E-state index in [0.29, 0.717) is 5.84 Å². The summed E-state index contributed by atoms with van der Waals surface area (Å²) in [4.78, 5) is 2.37. The van der Waals surface area contributed by atoms with Gasteiger partial charge in [0.15, 0.2) is 0 Å². The van der Waals surface area contributed by atoms with Crippen LogP contribution in [0.5, 0.6) is 0 Å². The first-order valence-electron chi connectivity index (χ1n) is 6.41. The molecule has 1 aliphatic rings. The number of nitrogens with one attached hydrogen (secondary N) is 1. The van der Waals surface area contributed by atoms with Gasteiger partial charge in [-0.15, -0.1) is 0 Å². The van der Waals surface area contributed by atoms with E-state index in [1.807, 2.05) is 12.1 Å². The van der Waals surface area contributed by atoms with Gasteiger partial charge in [0, 0.05) is 21.5 Å². The highest BCUT2D eigenvalue weighted by atomic mass is 79.9. The molecule has 0 radical (unpaired) electrons. The van der Waals surface area contributed by atoms with Crippen molar-refractivity contribution in [2.75, 3.05) is 13.1 Å². The molecule has 1 saturated heterocycles. The molecule has 0 aromatic heterocycles. The highest BCUT2D eigenvalue weighted by Gasteiger charge is 2.32. The largest absolute Gasteiger partial charge is 0.387 e. The van der Waals surface area contributed by atoms with Crippen LogP contribution in [-0.2, 0) is 6.54 Å². The topological polar surface area (TPSA) is 53.1 Å². The summed E-state index contributed by atoms with van der Waals surface area (Å²) in [6.45, 7) is 4.87. The number of halogens is 2. The normalized spacial score (nSPS) is 19.3. The zero-order valence-electron chi connectivity index (χ0n) is 11.0. The summed E-state index contributed by atoms with van der Waals surface area (Å²) in [6, 6.07) is 6.01. The minimum atomic E-state index is -0.125. The third-order valence-electron chi connectivity index (χ3n) is 4.02. The van der Waals surface area contributed by atoms with Crippen LogP contribution < -0.4 is 5.73 Å². The number of piperidine rings is 1. The van der Waals surface area contributed by atoms with E-state index in [-0.39, 0.29) is 5.41 Å². The zero-order chi connectivity index (χ0) is 14.0. The van der Waals surface area contributed by atoms with Crippen LogP contribution in [-0.4, -0.2) is 23.8 Å². The molecule has 2 rings (SSSR count). The Balaban J connectivity index is 1.98. The van der Waals surface area contributed by atoms with E-state index in [0.717, 1.165) is 47.5 Å². The van der Waals surface area contributed by atoms with Crippen LogP contribution in [0.15, 0.2) is 22.7 Å². The molecule has 0 amide bonds. The fourth-order valence-electron chi connectivity index (χ4n) is 2.36. The molecule has 0 spiro atoms. The first-order chi connectivity index (χ1) is 8.90. The summed E-state index contributed by atoms with van der Waals surface area (Å²) >= 11 is 9.66. The standard InChI is InChI=1S/C14H19BrClN3/c1-14(13(17)18)4-6-19(7-5-14)9-10-2-3-11(15)8-12(10)16/h2-3,8H,4-7,9H2,1H3,(H3,17,18). The molecule has 0 bridgehead atoms. The minimum absolute atomic E-state index is 0.125. The van der Waals surface area contributed by atoms with Crippen LogP contribution in [0.4, 0.5) is 0 Å². The summed E-state index contributed by atoms with van der Waals surface area (Å²) in [5.41, 5.74) is 6.70. The van der Waals surface area contributed by atoms with Gasteiger partial charge in [-0.1, -0.05) is 40.5 Å². The van der Waals surface area contributed by atoms with Gasteiger partial charge in [0.1, 0.15) is 0 Å². The maximum absolute atomic E-state index is 7.66. The van der Waals surface area contributed by atoms with E-state index in [1.54, 1.807) is 0 Å². The fraction of sp³-hybridized carbons (Fsp3) is 0.500. The summed E-state index contributed by atoms with van der Waals surface area (Å²) in [5, 5.41) is 8.46. The molecule has 1 aromatic rings. The van der Waals surface area contributed by atoms with Crippen molar-refractivity contribution in [3.63, 3.8) is 0 Å². The number of hydrogen-bond donors (Lipinski definition) is 2. The predicted octanol–water partition coefficient (Wildman–Crippen LogP) is 3.64. The first kappa shape index (κ1) is 14.8. The van der Waals surface area contributed by atoms with Crippen LogP contribution in [0.2, 0.25) is 5.02 Å². The van der Waals surface area contributed by atoms with Gasteiger partial charge >= 0.3 is 0 Å². The molecular formula is C14H19BrClN3. The molecule has 3 N–H and O–H groups in total. The van der Waals surface area contributed by atoms with Crippen LogP contribution in [0.25, 0.3) is 0 Å². The van der Waals surface area contributed by atoms with Gasteiger partial charge in [-0.3, -0.25) is 10.3 Å². The molecular weight excluding hydrogens is 326 g/mol. The second kappa shape index (κ2) is 5.81. The number of likely N-dealkylation sites (tertiary alicyclic amines) is 1. The van der Waals surface area contributed by atoms with Crippen LogP contribution in [0.3, 0.4) is 0 Å². The van der Waals surface area contributed by atoms with E-state index in [4.69, 9.17) is 22.7 Å². The highest BCUT2D eigenvalue weighted by molar-refractivity contribution is 9.10. The Kier molecular flexibility index (Phi) is 4.54. The Labute approximate surface area is 127 Å². The number of benzene rings is 1. The lowest BCUT2D eigenvalue weighted by molar-refractivity contribution is 0.156. The average molecular weight is 345 g/mol. The predicted molar refractivity (Wildman–Crippen MR) is 83.7 cm³/mol. The lowest BCUT2D eigenvalue weighted by Crippen LogP contribution is -2.44. The Hall–Kier alpha value is -0.580. The number of amidine groups is 1. The average Bonchev–Trinajstić information content (AvgIpc) is 2.35. The Morgan fingerprint density at radius 3 is 2.63 bits per heavy atom. The second-order valence-corrected chi connectivity index (χ2v) is 6.81. The van der Waals surface area contributed by atoms with Crippen molar-refractivity contribution in [2.45, 2.75) is 26.3 Å². The van der Waals surface area contributed by atoms with Crippen LogP contribution >= 0.6 is 27.5 Å². The molecule has 1 aliphatic heterocycles. The molecule has 1 fully saturated rings. The molecule has 0 saturated carbocycles. The summed E-state index contributed by atoms with van der Waals surface area (Å²) in [5.74, 6) is 0.314. The molecule has 0 atom stereocenters. The van der Waals surface area contributed by atoms with Gasteiger partial charge in [0.25, 0.3) is 0 Å². The van der Waals surface area contributed by atoms with Crippen molar-refractivity contribution in [2.24, 2.45) is 11.1 Å². The Morgan fingerprint density at radius 1 is 1.47 bits per heavy atom. The molecule has 1 heterocycles. The maximum Gasteiger partial charge on any atom is 0.0966 e. The maximum atomic E-state index is 7.66. The molecule has 0 aliphatic carbocycles. The van der Waals surface area contributed by atoms with Crippen LogP contribution in [0, 0.1) is 10.8 Å². The van der Waals surface area contributed by atoms with Crippen molar-refractivity contribution in [1.29, 1.82) is 5.41 Å². The van der Waals surface area contributed by atoms with E-state index >= 15 is 0 Å². The quantitative estimate of drug-likeness (QED) is 0.649. The van der Waals surface area contributed by atoms with Crippen LogP contribution in [0.1, 0.15) is 25.3 Å². The number of nitrogens with zero attached hydrogens (tertiary/aromatic N) is 1. The molecule has 3 nitrogen and oxygen atoms in total. The van der Waals surface area contributed by atoms with Gasteiger partial charge in [0.2, 0.25) is 0 Å². The third-order valence-corrected chi connectivity index (χ3v) is 4.86. The summed E-state index contributed by atoms with van der Waals surface area (Å²) in [6.07, 6.45) is 1.88. The van der Waals surface area contributed by atoms with Gasteiger partial charge < -0.3 is 5.73 Å². The molecule has 104 valence electrons. The summed E-state index contributed by atoms with van der Waals surface area (Å²) in [7, 11) is 0. The van der Waals surface area contributed by atoms with Gasteiger partial charge in [-0.25, -0.2) is 0 Å². The minimum Gasteiger partial charge on any atom is -0.387 e. The molecule has 5 heteroatoms. The molecule has 1 aromatic carbocycles. The van der Waals surface area contributed by atoms with Gasteiger partial charge in [0.05, 0.1) is 5.84 Å². The van der Waals surface area contributed by atoms with E-state index in [2.05, 4.69) is 33.8 Å². The van der Waals surface area contributed by atoms with Crippen molar-refractivity contribution < 1.29 is 0 Å². The fourth-order valence-corrected chi connectivity index (χ4v) is 3.10. The van der Waals surface area contributed by atoms with Crippen molar-refractivity contribution in [3.8, 4) is 0 Å². The van der Waals surface area contributed by atoms with Crippen molar-refractivity contribution >= 4 is 33.4 Å². The highest BCUT2D eigenvalue weighted by Crippen LogP contribution is 2.32. The smallest absolute Gasteiger partial charge is 0.0966 e. The van der Waals surface area contributed by atoms with Crippen molar-refractivity contribution in [1.82, 2.24) is 4.90 Å². The van der Waals surface area contributed by atoms with E-state index < -0.39 is 0 Å². The monoisotopic (exact) mass is 343 g/mol. The number of rotatable bonds is 3. The zero-order valence-corrected chi connectivity index (χ0v) is 13.4. The number of nitrogens with two attached hydrogens (primary N) is 1. The number of hydrogen-bond acceptors (Lipinski definition) is 2. The summed E-state index contributed by atoms with van der Waals surface area (Å²) < 4.78 is 1.00. The Bertz CT molecular complexity index is 482. The van der Waals surface area contributed by atoms with Crippen molar-refractivity contribution in [3.05, 3.63) is 33.3 Å².